The van der Waals surface area contributed by atoms with Crippen molar-refractivity contribution in [1.82, 2.24) is 0 Å². The zero-order valence-electron chi connectivity index (χ0n) is 16.5. The van der Waals surface area contributed by atoms with Gasteiger partial charge in [0.2, 0.25) is 5.91 Å². The molecule has 1 saturated heterocycles. The number of carbonyl (C=O) groups excluding carboxylic acids is 1. The predicted octanol–water partition coefficient (Wildman–Crippen LogP) is 4.86. The molecule has 1 aliphatic heterocycles. The minimum absolute atomic E-state index is 0.129. The van der Waals surface area contributed by atoms with E-state index >= 15 is 0 Å². The number of anilines is 1. The van der Waals surface area contributed by atoms with E-state index in [1.807, 2.05) is 42.5 Å². The van der Waals surface area contributed by atoms with E-state index in [0.29, 0.717) is 6.04 Å². The van der Waals surface area contributed by atoms with Crippen molar-refractivity contribution in [3.05, 3.63) is 70.2 Å². The normalized spacial score (nSPS) is 15.7. The molecular weight excluding hydrogens is 416 g/mol. The van der Waals surface area contributed by atoms with E-state index in [0.717, 1.165) is 52.8 Å². The lowest BCUT2D eigenvalue weighted by molar-refractivity contribution is -0.929. The third-order valence-electron chi connectivity index (χ3n) is 5.24. The summed E-state index contributed by atoms with van der Waals surface area (Å²) in [5, 5.41) is 2.97. The molecule has 0 radical (unpaired) electrons. The molecule has 28 heavy (non-hydrogen) atoms. The number of halogens is 1. The molecule has 1 N–H and O–H groups in total. The number of carbonyl (C=O) groups is 1. The topological polar surface area (TPSA) is 38.3 Å². The molecule has 1 aliphatic rings. The largest absolute Gasteiger partial charge is 0.381 e. The highest BCUT2D eigenvalue weighted by Crippen LogP contribution is 2.23. The van der Waals surface area contributed by atoms with E-state index < -0.39 is 0 Å². The monoisotopic (exact) mass is 443 g/mol. The molecule has 0 saturated carbocycles. The molecular formula is C23H28BrN2O2+. The van der Waals surface area contributed by atoms with Crippen LogP contribution in [0.15, 0.2) is 59.1 Å². The Morgan fingerprint density at radius 3 is 2.68 bits per heavy atom. The van der Waals surface area contributed by atoms with Crippen molar-refractivity contribution in [3.63, 3.8) is 0 Å². The van der Waals surface area contributed by atoms with E-state index in [4.69, 9.17) is 4.74 Å². The first-order valence-corrected chi connectivity index (χ1v) is 10.5. The summed E-state index contributed by atoms with van der Waals surface area (Å²) in [5.41, 5.74) is 3.03. The van der Waals surface area contributed by atoms with Gasteiger partial charge in [-0.15, -0.1) is 0 Å². The quantitative estimate of drug-likeness (QED) is 0.511. The summed E-state index contributed by atoms with van der Waals surface area (Å²) in [5.74, 6) is -0.129. The van der Waals surface area contributed by atoms with Crippen molar-refractivity contribution in [2.45, 2.75) is 25.4 Å². The van der Waals surface area contributed by atoms with Crippen molar-refractivity contribution >= 4 is 33.6 Å². The average molecular weight is 444 g/mol. The molecule has 1 amide bonds. The molecule has 1 fully saturated rings. The standard InChI is InChI=1S/C23H27BrN2O2/c1-26(2,22-11-13-28-14-12-22)17-19-6-4-8-21(16-19)25-23(27)10-9-18-5-3-7-20(24)15-18/h3-10,15-16,22H,11-14,17H2,1-2H3/p+1. The van der Waals surface area contributed by atoms with Gasteiger partial charge in [-0.1, -0.05) is 40.2 Å². The fraction of sp³-hybridized carbons (Fsp3) is 0.348. The number of nitrogens with zero attached hydrogens (tertiary/aromatic N) is 1. The molecule has 0 aliphatic carbocycles. The summed E-state index contributed by atoms with van der Waals surface area (Å²) in [6.45, 7) is 2.64. The fourth-order valence-corrected chi connectivity index (χ4v) is 4.11. The number of benzene rings is 2. The van der Waals surface area contributed by atoms with Crippen molar-refractivity contribution < 1.29 is 14.0 Å². The summed E-state index contributed by atoms with van der Waals surface area (Å²) in [7, 11) is 4.56. The first-order valence-electron chi connectivity index (χ1n) is 9.66. The van der Waals surface area contributed by atoms with E-state index in [-0.39, 0.29) is 5.91 Å². The Morgan fingerprint density at radius 2 is 1.93 bits per heavy atom. The summed E-state index contributed by atoms with van der Waals surface area (Å²) in [6.07, 6.45) is 5.58. The molecule has 3 rings (SSSR count). The van der Waals surface area contributed by atoms with Gasteiger partial charge in [0.25, 0.3) is 0 Å². The van der Waals surface area contributed by atoms with Crippen LogP contribution in [0.3, 0.4) is 0 Å². The van der Waals surface area contributed by atoms with Crippen LogP contribution in [0.5, 0.6) is 0 Å². The van der Waals surface area contributed by atoms with Crippen molar-refractivity contribution in [2.24, 2.45) is 0 Å². The number of ether oxygens (including phenoxy) is 1. The number of nitrogens with one attached hydrogen (secondary N) is 1. The highest BCUT2D eigenvalue weighted by molar-refractivity contribution is 9.10. The lowest BCUT2D eigenvalue weighted by Gasteiger charge is -2.40. The number of hydrogen-bond donors (Lipinski definition) is 1. The van der Waals surface area contributed by atoms with Crippen molar-refractivity contribution in [3.8, 4) is 0 Å². The predicted molar refractivity (Wildman–Crippen MR) is 118 cm³/mol. The van der Waals surface area contributed by atoms with Gasteiger partial charge in [0.05, 0.1) is 33.4 Å². The van der Waals surface area contributed by atoms with Crippen LogP contribution in [-0.4, -0.2) is 43.7 Å². The maximum atomic E-state index is 12.3. The lowest BCUT2D eigenvalue weighted by atomic mass is 10.0. The fourth-order valence-electron chi connectivity index (χ4n) is 3.70. The zero-order valence-corrected chi connectivity index (χ0v) is 18.1. The smallest absolute Gasteiger partial charge is 0.248 e. The van der Waals surface area contributed by atoms with Gasteiger partial charge >= 0.3 is 0 Å². The van der Waals surface area contributed by atoms with Crippen molar-refractivity contribution in [1.29, 1.82) is 0 Å². The number of amides is 1. The maximum Gasteiger partial charge on any atom is 0.248 e. The summed E-state index contributed by atoms with van der Waals surface area (Å²) < 4.78 is 7.43. The van der Waals surface area contributed by atoms with Gasteiger partial charge < -0.3 is 14.5 Å². The second-order valence-electron chi connectivity index (χ2n) is 7.86. The highest BCUT2D eigenvalue weighted by atomic mass is 79.9. The van der Waals surface area contributed by atoms with Crippen LogP contribution < -0.4 is 5.32 Å². The second-order valence-corrected chi connectivity index (χ2v) is 8.77. The third kappa shape index (κ3) is 6.03. The van der Waals surface area contributed by atoms with E-state index in [1.165, 1.54) is 5.56 Å². The Bertz CT molecular complexity index is 842. The van der Waals surface area contributed by atoms with Crippen LogP contribution in [0.25, 0.3) is 6.08 Å². The number of quaternary nitrogens is 1. The second kappa shape index (κ2) is 9.50. The molecule has 2 aromatic carbocycles. The van der Waals surface area contributed by atoms with Crippen LogP contribution >= 0.6 is 15.9 Å². The molecule has 0 bridgehead atoms. The van der Waals surface area contributed by atoms with Crippen molar-refractivity contribution in [2.75, 3.05) is 32.6 Å². The van der Waals surface area contributed by atoms with E-state index in [2.05, 4.69) is 47.5 Å². The molecule has 2 aromatic rings. The van der Waals surface area contributed by atoms with Gasteiger partial charge in [0.15, 0.2) is 0 Å². The van der Waals surface area contributed by atoms with Crippen LogP contribution in [0, 0.1) is 0 Å². The minimum Gasteiger partial charge on any atom is -0.381 e. The Labute approximate surface area is 175 Å². The molecule has 148 valence electrons. The number of hydrogen-bond acceptors (Lipinski definition) is 2. The summed E-state index contributed by atoms with van der Waals surface area (Å²) in [6, 6.07) is 16.6. The zero-order chi connectivity index (χ0) is 20.0. The van der Waals surface area contributed by atoms with Gasteiger partial charge in [0, 0.05) is 34.6 Å². The van der Waals surface area contributed by atoms with E-state index in [1.54, 1.807) is 6.08 Å². The Morgan fingerprint density at radius 1 is 1.18 bits per heavy atom. The molecule has 0 aromatic heterocycles. The van der Waals surface area contributed by atoms with Crippen LogP contribution in [0.4, 0.5) is 5.69 Å². The third-order valence-corrected chi connectivity index (χ3v) is 5.73. The molecule has 4 nitrogen and oxygen atoms in total. The Kier molecular flexibility index (Phi) is 7.05. The Hall–Kier alpha value is -1.95. The first-order chi connectivity index (χ1) is 13.4. The minimum atomic E-state index is -0.129. The molecule has 0 atom stereocenters. The number of rotatable bonds is 6. The average Bonchev–Trinajstić information content (AvgIpc) is 2.67. The van der Waals surface area contributed by atoms with Crippen LogP contribution in [0.2, 0.25) is 0 Å². The van der Waals surface area contributed by atoms with Gasteiger partial charge in [-0.05, 0) is 35.9 Å². The summed E-state index contributed by atoms with van der Waals surface area (Å²) >= 11 is 3.44. The molecule has 0 unspecified atom stereocenters. The van der Waals surface area contributed by atoms with Crippen LogP contribution in [-0.2, 0) is 16.1 Å². The lowest BCUT2D eigenvalue weighted by Crippen LogP contribution is -2.50. The van der Waals surface area contributed by atoms with Gasteiger partial charge in [-0.3, -0.25) is 4.79 Å². The molecule has 0 spiro atoms. The van der Waals surface area contributed by atoms with Gasteiger partial charge in [-0.2, -0.15) is 0 Å². The van der Waals surface area contributed by atoms with Crippen LogP contribution in [0.1, 0.15) is 24.0 Å². The Balaban J connectivity index is 1.61. The molecule has 5 heteroatoms. The first kappa shape index (κ1) is 20.8. The maximum absolute atomic E-state index is 12.3. The highest BCUT2D eigenvalue weighted by Gasteiger charge is 2.30. The molecule has 1 heterocycles. The summed E-state index contributed by atoms with van der Waals surface area (Å²) in [4.78, 5) is 12.3. The van der Waals surface area contributed by atoms with E-state index in [9.17, 15) is 4.79 Å². The van der Waals surface area contributed by atoms with Gasteiger partial charge in [0.1, 0.15) is 6.54 Å². The van der Waals surface area contributed by atoms with Gasteiger partial charge in [-0.25, -0.2) is 0 Å². The SMILES string of the molecule is C[N+](C)(Cc1cccc(NC(=O)C=Cc2cccc(Br)c2)c1)C1CCOCC1.